The van der Waals surface area contributed by atoms with Crippen LogP contribution in [0.1, 0.15) is 0 Å². The molecule has 0 saturated carbocycles. The number of rotatable bonds is 1. The first-order chi connectivity index (χ1) is 2.91. The second-order valence-corrected chi connectivity index (χ2v) is 0.813. The monoisotopic (exact) mass is 79.1 g/mol. The summed E-state index contributed by atoms with van der Waals surface area (Å²) in [6.45, 7) is 8.39. The van der Waals surface area contributed by atoms with Gasteiger partial charge in [-0.3, -0.25) is 0 Å². The Kier molecular flexibility index (Phi) is 4.09. The van der Waals surface area contributed by atoms with Gasteiger partial charge < -0.3 is 0 Å². The van der Waals surface area contributed by atoms with Crippen LogP contribution in [0.2, 0.25) is 0 Å². The Balaban J connectivity index is 3.07. The van der Waals surface area contributed by atoms with Crippen molar-refractivity contribution in [2.75, 3.05) is 0 Å². The molecule has 0 nitrogen and oxygen atoms in total. The SMILES string of the molecule is [CH]/C=C/C=C/[CH2]. The van der Waals surface area contributed by atoms with Crippen LogP contribution in [0.4, 0.5) is 0 Å². The van der Waals surface area contributed by atoms with Gasteiger partial charge in [0.15, 0.2) is 0 Å². The van der Waals surface area contributed by atoms with Crippen molar-refractivity contribution < 1.29 is 0 Å². The molecule has 0 bridgehead atoms. The average Bonchev–Trinajstić information content (AvgIpc) is 1.61. The van der Waals surface area contributed by atoms with Crippen LogP contribution in [-0.2, 0) is 0 Å². The van der Waals surface area contributed by atoms with E-state index in [9.17, 15) is 0 Å². The smallest absolute Gasteiger partial charge is 0.00925 e. The minimum Gasteiger partial charge on any atom is -0.0842 e. The third-order valence-corrected chi connectivity index (χ3v) is 0.358. The minimum absolute atomic E-state index is 1.46. The van der Waals surface area contributed by atoms with E-state index in [0.717, 1.165) is 0 Å². The van der Waals surface area contributed by atoms with Gasteiger partial charge in [0.1, 0.15) is 0 Å². The van der Waals surface area contributed by atoms with Crippen LogP contribution in [0.5, 0.6) is 0 Å². The van der Waals surface area contributed by atoms with Gasteiger partial charge in [0.05, 0.1) is 0 Å². The lowest BCUT2D eigenvalue weighted by molar-refractivity contribution is 1.92. The van der Waals surface area contributed by atoms with Crippen molar-refractivity contribution in [3.63, 3.8) is 0 Å². The Morgan fingerprint density at radius 3 is 2.17 bits per heavy atom. The summed E-state index contributed by atoms with van der Waals surface area (Å²) in [5, 5.41) is 0. The zero-order chi connectivity index (χ0) is 4.83. The van der Waals surface area contributed by atoms with E-state index in [2.05, 4.69) is 6.92 Å². The molecular formula is C6H7. The summed E-state index contributed by atoms with van der Waals surface area (Å²) in [4.78, 5) is 0. The highest BCUT2D eigenvalue weighted by Gasteiger charge is 1.49. The lowest BCUT2D eigenvalue weighted by atomic mass is 10.5. The lowest BCUT2D eigenvalue weighted by Crippen LogP contribution is -1.41. The molecule has 0 aliphatic rings. The molecule has 0 aromatic carbocycles. The van der Waals surface area contributed by atoms with Gasteiger partial charge in [-0.15, -0.1) is 0 Å². The highest BCUT2D eigenvalue weighted by Crippen LogP contribution is 1.70. The molecule has 0 heteroatoms. The minimum atomic E-state index is 1.46. The van der Waals surface area contributed by atoms with Crippen LogP contribution in [0.15, 0.2) is 24.3 Å². The Bertz CT molecular complexity index is 48.4. The summed E-state index contributed by atoms with van der Waals surface area (Å²) >= 11 is 0. The highest BCUT2D eigenvalue weighted by atomic mass is 13.6. The molecule has 0 rings (SSSR count). The van der Waals surface area contributed by atoms with Gasteiger partial charge in [-0.1, -0.05) is 24.3 Å². The summed E-state index contributed by atoms with van der Waals surface area (Å²) < 4.78 is 0. The molecular weight excluding hydrogens is 72.1 g/mol. The fraction of sp³-hybridized carbons (Fsp3) is 0. The molecule has 0 aliphatic carbocycles. The molecule has 0 amide bonds. The number of allylic oxidation sites excluding steroid dienone is 4. The summed E-state index contributed by atoms with van der Waals surface area (Å²) in [5.41, 5.74) is 0. The van der Waals surface area contributed by atoms with Crippen molar-refractivity contribution >= 4 is 0 Å². The van der Waals surface area contributed by atoms with Gasteiger partial charge in [-0.05, 0) is 13.8 Å². The molecule has 0 unspecified atom stereocenters. The molecule has 0 atom stereocenters. The lowest BCUT2D eigenvalue weighted by Gasteiger charge is -1.62. The first-order valence-electron chi connectivity index (χ1n) is 1.74. The summed E-state index contributed by atoms with van der Waals surface area (Å²) in [6, 6.07) is 0. The third kappa shape index (κ3) is 3.48. The van der Waals surface area contributed by atoms with E-state index in [4.69, 9.17) is 6.92 Å². The third-order valence-electron chi connectivity index (χ3n) is 0.358. The van der Waals surface area contributed by atoms with E-state index in [1.807, 2.05) is 0 Å². The molecule has 0 spiro atoms. The van der Waals surface area contributed by atoms with Crippen LogP contribution in [-0.4, -0.2) is 0 Å². The van der Waals surface area contributed by atoms with Gasteiger partial charge in [-0.25, -0.2) is 0 Å². The van der Waals surface area contributed by atoms with Gasteiger partial charge in [0, 0.05) is 0 Å². The van der Waals surface area contributed by atoms with Crippen molar-refractivity contribution in [1.82, 2.24) is 0 Å². The largest absolute Gasteiger partial charge is 0.0842 e. The topological polar surface area (TPSA) is 0 Å². The van der Waals surface area contributed by atoms with Crippen molar-refractivity contribution in [3.8, 4) is 0 Å². The van der Waals surface area contributed by atoms with E-state index >= 15 is 0 Å². The Hall–Kier alpha value is -0.520. The second kappa shape index (κ2) is 4.48. The van der Waals surface area contributed by atoms with E-state index in [-0.39, 0.29) is 0 Å². The van der Waals surface area contributed by atoms with Crippen molar-refractivity contribution in [2.45, 2.75) is 0 Å². The summed E-state index contributed by atoms with van der Waals surface area (Å²) in [5.74, 6) is 0. The van der Waals surface area contributed by atoms with E-state index in [1.54, 1.807) is 18.2 Å². The first kappa shape index (κ1) is 5.48. The molecule has 6 heavy (non-hydrogen) atoms. The summed E-state index contributed by atoms with van der Waals surface area (Å²) in [6.07, 6.45) is 6.61. The number of hydrogen-bond acceptors (Lipinski definition) is 0. The Morgan fingerprint density at radius 2 is 2.00 bits per heavy atom. The molecule has 0 aliphatic heterocycles. The highest BCUT2D eigenvalue weighted by molar-refractivity contribution is 5.04. The average molecular weight is 79.1 g/mol. The van der Waals surface area contributed by atoms with Crippen molar-refractivity contribution in [2.24, 2.45) is 0 Å². The molecule has 3 radical (unpaired) electrons. The molecule has 0 heterocycles. The Labute approximate surface area is 39.2 Å². The standard InChI is InChI=1S/C6H7/c1-3-5-6-4-2/h1,3-6H,2H2/b5-3+,6-4+. The fourth-order valence-electron chi connectivity index (χ4n) is 0.143. The molecule has 31 valence electrons. The van der Waals surface area contributed by atoms with Gasteiger partial charge in [0.2, 0.25) is 0 Å². The van der Waals surface area contributed by atoms with Crippen LogP contribution in [0.25, 0.3) is 0 Å². The van der Waals surface area contributed by atoms with E-state index in [1.165, 1.54) is 6.08 Å². The maximum atomic E-state index is 4.96. The van der Waals surface area contributed by atoms with Gasteiger partial charge in [0.25, 0.3) is 0 Å². The second-order valence-electron chi connectivity index (χ2n) is 0.813. The molecule has 0 fully saturated rings. The maximum absolute atomic E-state index is 4.96. The van der Waals surface area contributed by atoms with E-state index < -0.39 is 0 Å². The quantitative estimate of drug-likeness (QED) is 0.419. The molecule has 0 N–H and O–H groups in total. The first-order valence-corrected chi connectivity index (χ1v) is 1.74. The van der Waals surface area contributed by atoms with Gasteiger partial charge in [-0.2, -0.15) is 0 Å². The van der Waals surface area contributed by atoms with Crippen LogP contribution < -0.4 is 0 Å². The van der Waals surface area contributed by atoms with E-state index in [0.29, 0.717) is 0 Å². The fourth-order valence-corrected chi connectivity index (χ4v) is 0.143. The van der Waals surface area contributed by atoms with Crippen LogP contribution >= 0.6 is 0 Å². The van der Waals surface area contributed by atoms with Crippen LogP contribution in [0, 0.1) is 13.8 Å². The molecule has 0 saturated heterocycles. The molecule has 0 aromatic rings. The zero-order valence-electron chi connectivity index (χ0n) is 3.59. The molecule has 0 aromatic heterocycles. The normalized spacial score (nSPS) is 11.7. The number of hydrogen-bond donors (Lipinski definition) is 0. The predicted octanol–water partition coefficient (Wildman–Crippen LogP) is 1.64. The van der Waals surface area contributed by atoms with Crippen molar-refractivity contribution in [3.05, 3.63) is 38.2 Å². The zero-order valence-corrected chi connectivity index (χ0v) is 3.59. The van der Waals surface area contributed by atoms with Crippen molar-refractivity contribution in [1.29, 1.82) is 0 Å². The maximum Gasteiger partial charge on any atom is -0.00925 e. The summed E-state index contributed by atoms with van der Waals surface area (Å²) in [7, 11) is 0. The predicted molar refractivity (Wildman–Crippen MR) is 27.9 cm³/mol. The van der Waals surface area contributed by atoms with Gasteiger partial charge >= 0.3 is 0 Å². The van der Waals surface area contributed by atoms with Crippen LogP contribution in [0.3, 0.4) is 0 Å². The Morgan fingerprint density at radius 1 is 1.33 bits per heavy atom.